The predicted molar refractivity (Wildman–Crippen MR) is 116 cm³/mol. The molecule has 1 aliphatic rings. The van der Waals surface area contributed by atoms with Crippen molar-refractivity contribution in [3.05, 3.63) is 65.7 Å². The van der Waals surface area contributed by atoms with Crippen LogP contribution in [0.1, 0.15) is 36.9 Å². The number of ether oxygens (including phenoxy) is 1. The number of hydrogen-bond donors (Lipinski definition) is 1. The summed E-state index contributed by atoms with van der Waals surface area (Å²) in [7, 11) is 1.69. The molecule has 1 fully saturated rings. The van der Waals surface area contributed by atoms with Crippen LogP contribution in [-0.4, -0.2) is 31.0 Å². The average molecular weight is 403 g/mol. The van der Waals surface area contributed by atoms with Gasteiger partial charge in [0, 0.05) is 19.1 Å². The molecule has 0 aromatic heterocycles. The van der Waals surface area contributed by atoms with Crippen LogP contribution in [0.25, 0.3) is 0 Å². The van der Waals surface area contributed by atoms with E-state index < -0.39 is 0 Å². The van der Waals surface area contributed by atoms with Gasteiger partial charge in [0.05, 0.1) is 13.0 Å². The lowest BCUT2D eigenvalue weighted by Crippen LogP contribution is -2.44. The summed E-state index contributed by atoms with van der Waals surface area (Å²) >= 11 is 0. The molecule has 1 aliphatic heterocycles. The second-order valence-electron chi connectivity index (χ2n) is 7.55. The Balaban J connectivity index is 0.00000280. The average Bonchev–Trinajstić information content (AvgIpc) is 2.74. The maximum absolute atomic E-state index is 12.9. The number of nitrogens with two attached hydrogens (primary N) is 1. The van der Waals surface area contributed by atoms with Gasteiger partial charge in [-0.05, 0) is 48.4 Å². The molecule has 4 nitrogen and oxygen atoms in total. The normalized spacial score (nSPS) is 16.8. The topological polar surface area (TPSA) is 55.6 Å². The van der Waals surface area contributed by atoms with Crippen molar-refractivity contribution in [2.45, 2.75) is 32.2 Å². The molecule has 0 spiro atoms. The molecule has 1 amide bonds. The van der Waals surface area contributed by atoms with Crippen molar-refractivity contribution in [2.24, 2.45) is 17.6 Å². The number of nitrogens with zero attached hydrogens (tertiary/aromatic N) is 1. The minimum atomic E-state index is -0.254. The van der Waals surface area contributed by atoms with Crippen molar-refractivity contribution in [1.82, 2.24) is 4.90 Å². The van der Waals surface area contributed by atoms with Gasteiger partial charge in [0.15, 0.2) is 0 Å². The lowest BCUT2D eigenvalue weighted by atomic mass is 9.88. The van der Waals surface area contributed by atoms with Gasteiger partial charge in [-0.15, -0.1) is 12.4 Å². The van der Waals surface area contributed by atoms with Gasteiger partial charge < -0.3 is 15.4 Å². The van der Waals surface area contributed by atoms with Gasteiger partial charge >= 0.3 is 0 Å². The van der Waals surface area contributed by atoms with Gasteiger partial charge in [-0.1, -0.05) is 49.4 Å². The van der Waals surface area contributed by atoms with Crippen LogP contribution in [0.5, 0.6) is 5.75 Å². The van der Waals surface area contributed by atoms with Crippen molar-refractivity contribution in [3.8, 4) is 5.75 Å². The van der Waals surface area contributed by atoms with Crippen molar-refractivity contribution >= 4 is 18.3 Å². The summed E-state index contributed by atoms with van der Waals surface area (Å²) in [5.74, 6) is 1.49. The fourth-order valence-electron chi connectivity index (χ4n) is 3.86. The molecular formula is C23H31ClN2O2. The number of amides is 1. The van der Waals surface area contributed by atoms with Gasteiger partial charge in [-0.25, -0.2) is 0 Å². The van der Waals surface area contributed by atoms with Gasteiger partial charge in [-0.2, -0.15) is 0 Å². The summed E-state index contributed by atoms with van der Waals surface area (Å²) < 4.78 is 5.22. The van der Waals surface area contributed by atoms with Crippen LogP contribution in [0.4, 0.5) is 0 Å². The first-order valence-electron chi connectivity index (χ1n) is 9.80. The highest BCUT2D eigenvalue weighted by Crippen LogP contribution is 2.26. The Labute approximate surface area is 174 Å². The first-order valence-corrected chi connectivity index (χ1v) is 9.80. The summed E-state index contributed by atoms with van der Waals surface area (Å²) in [5, 5.41) is 0. The largest absolute Gasteiger partial charge is 0.497 e. The number of hydrogen-bond acceptors (Lipinski definition) is 3. The van der Waals surface area contributed by atoms with Crippen molar-refractivity contribution in [3.63, 3.8) is 0 Å². The Kier molecular flexibility index (Phi) is 8.34. The quantitative estimate of drug-likeness (QED) is 0.786. The summed E-state index contributed by atoms with van der Waals surface area (Å²) in [4.78, 5) is 14.9. The molecule has 0 aliphatic carbocycles. The number of likely N-dealkylation sites (tertiary alicyclic amines) is 1. The van der Waals surface area contributed by atoms with Crippen LogP contribution in [0.3, 0.4) is 0 Å². The molecule has 0 bridgehead atoms. The predicted octanol–water partition coefficient (Wildman–Crippen LogP) is 4.23. The second-order valence-corrected chi connectivity index (χ2v) is 7.55. The van der Waals surface area contributed by atoms with Gasteiger partial charge in [0.1, 0.15) is 5.75 Å². The Morgan fingerprint density at radius 1 is 1.11 bits per heavy atom. The summed E-state index contributed by atoms with van der Waals surface area (Å²) in [5.41, 5.74) is 8.70. The lowest BCUT2D eigenvalue weighted by molar-refractivity contribution is -0.137. The number of halogens is 1. The fraction of sp³-hybridized carbons (Fsp3) is 0.435. The first-order chi connectivity index (χ1) is 13.1. The van der Waals surface area contributed by atoms with Crippen LogP contribution in [0, 0.1) is 11.8 Å². The van der Waals surface area contributed by atoms with E-state index in [9.17, 15) is 4.79 Å². The molecule has 2 aromatic carbocycles. The van der Waals surface area contributed by atoms with E-state index in [4.69, 9.17) is 10.5 Å². The third-order valence-electron chi connectivity index (χ3n) is 5.72. The van der Waals surface area contributed by atoms with Gasteiger partial charge in [0.2, 0.25) is 5.91 Å². The van der Waals surface area contributed by atoms with Crippen LogP contribution >= 0.6 is 12.4 Å². The summed E-state index contributed by atoms with van der Waals surface area (Å²) in [6.07, 6.45) is 3.15. The fourth-order valence-corrected chi connectivity index (χ4v) is 3.86. The molecule has 2 aromatic rings. The molecule has 3 rings (SSSR count). The molecule has 2 unspecified atom stereocenters. The third kappa shape index (κ3) is 5.49. The summed E-state index contributed by atoms with van der Waals surface area (Å²) in [6, 6.07) is 17.9. The van der Waals surface area contributed by atoms with Crippen molar-refractivity contribution in [1.29, 1.82) is 0 Å². The Hall–Kier alpha value is -2.04. The molecule has 1 heterocycles. The number of benzene rings is 2. The van der Waals surface area contributed by atoms with E-state index in [1.165, 1.54) is 5.56 Å². The molecule has 1 saturated heterocycles. The Bertz CT molecular complexity index is 728. The minimum Gasteiger partial charge on any atom is -0.497 e. The number of rotatable bonds is 6. The zero-order valence-electron chi connectivity index (χ0n) is 16.7. The zero-order valence-corrected chi connectivity index (χ0v) is 17.5. The molecular weight excluding hydrogens is 372 g/mol. The molecule has 5 heteroatoms. The van der Waals surface area contributed by atoms with Crippen LogP contribution in [0.2, 0.25) is 0 Å². The highest BCUT2D eigenvalue weighted by atomic mass is 35.5. The van der Waals surface area contributed by atoms with E-state index in [1.54, 1.807) is 7.11 Å². The van der Waals surface area contributed by atoms with E-state index in [2.05, 4.69) is 12.1 Å². The van der Waals surface area contributed by atoms with Crippen molar-refractivity contribution < 1.29 is 9.53 Å². The maximum Gasteiger partial charge on any atom is 0.227 e. The molecule has 152 valence electrons. The van der Waals surface area contributed by atoms with E-state index >= 15 is 0 Å². The molecule has 2 atom stereocenters. The number of carbonyl (C=O) groups is 1. The van der Waals surface area contributed by atoms with E-state index in [0.29, 0.717) is 5.92 Å². The van der Waals surface area contributed by atoms with Crippen LogP contribution < -0.4 is 10.5 Å². The summed E-state index contributed by atoms with van der Waals surface area (Å²) in [6.45, 7) is 3.60. The molecule has 28 heavy (non-hydrogen) atoms. The Morgan fingerprint density at radius 3 is 2.29 bits per heavy atom. The maximum atomic E-state index is 12.9. The first kappa shape index (κ1) is 22.3. The Morgan fingerprint density at radius 2 is 1.71 bits per heavy atom. The molecule has 0 radical (unpaired) electrons. The monoisotopic (exact) mass is 402 g/mol. The standard InChI is InChI=1S/C23H30N2O2.ClH/c1-17(22(24)20-6-4-3-5-7-20)23(26)25-14-12-19(13-15-25)16-18-8-10-21(27-2)11-9-18;/h3-11,17,19,22H,12-16,24H2,1-2H3;1H. The lowest BCUT2D eigenvalue weighted by Gasteiger charge is -2.35. The number of piperidine rings is 1. The van der Waals surface area contributed by atoms with Crippen LogP contribution in [-0.2, 0) is 11.2 Å². The van der Waals surface area contributed by atoms with Gasteiger partial charge in [-0.3, -0.25) is 4.79 Å². The van der Waals surface area contributed by atoms with Crippen LogP contribution in [0.15, 0.2) is 54.6 Å². The molecule has 2 N–H and O–H groups in total. The number of methoxy groups -OCH3 is 1. The van der Waals surface area contributed by atoms with Crippen molar-refractivity contribution in [2.75, 3.05) is 20.2 Å². The SMILES string of the molecule is COc1ccc(CC2CCN(C(=O)C(C)C(N)c3ccccc3)CC2)cc1.Cl. The highest BCUT2D eigenvalue weighted by Gasteiger charge is 2.29. The zero-order chi connectivity index (χ0) is 19.2. The molecule has 0 saturated carbocycles. The highest BCUT2D eigenvalue weighted by molar-refractivity contribution is 5.85. The number of carbonyl (C=O) groups excluding carboxylic acids is 1. The minimum absolute atomic E-state index is 0. The van der Waals surface area contributed by atoms with E-state index in [1.807, 2.05) is 54.3 Å². The van der Waals surface area contributed by atoms with E-state index in [0.717, 1.165) is 43.7 Å². The third-order valence-corrected chi connectivity index (χ3v) is 5.72. The smallest absolute Gasteiger partial charge is 0.227 e. The second kappa shape index (κ2) is 10.5. The van der Waals surface area contributed by atoms with E-state index in [-0.39, 0.29) is 30.3 Å². The van der Waals surface area contributed by atoms with Gasteiger partial charge in [0.25, 0.3) is 0 Å².